The second-order valence-corrected chi connectivity index (χ2v) is 10.3. The SMILES string of the molecule is C=C=C(C)CCCCC.CC.CC1=CCC(SC(C)CCC(C)C)C(C[S-])C1.[Os+]. The maximum absolute atomic E-state index is 5.32. The molecule has 0 bridgehead atoms. The minimum atomic E-state index is 0. The Morgan fingerprint density at radius 1 is 1.24 bits per heavy atom. The second kappa shape index (κ2) is 23.3. The molecule has 3 unspecified atom stereocenters. The van der Waals surface area contributed by atoms with Gasteiger partial charge in [-0.2, -0.15) is 17.5 Å². The maximum atomic E-state index is 5.32. The van der Waals surface area contributed by atoms with Gasteiger partial charge in [0.1, 0.15) is 0 Å². The van der Waals surface area contributed by atoms with Crippen molar-refractivity contribution in [2.75, 3.05) is 5.75 Å². The summed E-state index contributed by atoms with van der Waals surface area (Å²) in [6.45, 7) is 21.1. The molecule has 1 aliphatic carbocycles. The zero-order valence-corrected chi connectivity index (χ0v) is 24.8. The fraction of sp³-hybridized carbons (Fsp3) is 0.808. The Morgan fingerprint density at radius 2 is 1.86 bits per heavy atom. The Hall–Kier alpha value is 0.596. The summed E-state index contributed by atoms with van der Waals surface area (Å²) in [6, 6.07) is 0. The van der Waals surface area contributed by atoms with Gasteiger partial charge in [-0.05, 0) is 69.8 Å². The Labute approximate surface area is 207 Å². The van der Waals surface area contributed by atoms with E-state index in [1.54, 1.807) is 5.57 Å². The summed E-state index contributed by atoms with van der Waals surface area (Å²) < 4.78 is 0. The number of unbranched alkanes of at least 4 members (excludes halogenated alkanes) is 2. The summed E-state index contributed by atoms with van der Waals surface area (Å²) in [6.07, 6.45) is 12.7. The first-order valence-corrected chi connectivity index (χ1v) is 13.1. The first kappa shape index (κ1) is 34.2. The molecule has 0 aromatic heterocycles. The third kappa shape index (κ3) is 20.3. The topological polar surface area (TPSA) is 0 Å². The summed E-state index contributed by atoms with van der Waals surface area (Å²) in [5.41, 5.74) is 5.73. The average molecular weight is 616 g/mol. The van der Waals surface area contributed by atoms with E-state index < -0.39 is 0 Å². The Morgan fingerprint density at radius 3 is 2.34 bits per heavy atom. The molecule has 173 valence electrons. The molecule has 0 spiro atoms. The van der Waals surface area contributed by atoms with Crippen LogP contribution in [0.25, 0.3) is 0 Å². The Kier molecular flexibility index (Phi) is 27.4. The van der Waals surface area contributed by atoms with Gasteiger partial charge in [0.25, 0.3) is 0 Å². The van der Waals surface area contributed by atoms with Crippen LogP contribution in [0.2, 0.25) is 0 Å². The number of allylic oxidation sites excluding steroid dienone is 3. The van der Waals surface area contributed by atoms with E-state index in [4.69, 9.17) is 12.6 Å². The normalized spacial score (nSPS) is 18.8. The standard InChI is InChI=1S/C15H28S2.C9H16.C2H6.Os/c1-11(2)5-7-13(4)17-15-8-6-12(3)9-14(15)10-16;1-4-6-7-8-9(3)5-2;1-2;/h6,11,13-16H,5,7-10H2,1-4H3;2,4,6-8H2,1,3H3;1-2H3;/q;;;+1/p-1. The summed E-state index contributed by atoms with van der Waals surface area (Å²) in [5.74, 6) is 2.50. The molecular weight excluding hydrogens is 567 g/mol. The number of hydrogen-bond acceptors (Lipinski definition) is 2. The van der Waals surface area contributed by atoms with E-state index in [1.807, 2.05) is 13.8 Å². The van der Waals surface area contributed by atoms with Gasteiger partial charge in [0.2, 0.25) is 0 Å². The molecule has 0 saturated carbocycles. The molecule has 1 rings (SSSR count). The van der Waals surface area contributed by atoms with Crippen molar-refractivity contribution in [1.29, 1.82) is 0 Å². The van der Waals surface area contributed by atoms with Crippen molar-refractivity contribution in [3.05, 3.63) is 29.5 Å². The van der Waals surface area contributed by atoms with Crippen molar-refractivity contribution in [2.24, 2.45) is 11.8 Å². The minimum absolute atomic E-state index is 0. The van der Waals surface area contributed by atoms with Gasteiger partial charge in [-0.25, -0.2) is 0 Å². The third-order valence-corrected chi connectivity index (χ3v) is 7.09. The van der Waals surface area contributed by atoms with Crippen LogP contribution < -0.4 is 0 Å². The number of thioether (sulfide) groups is 1. The molecule has 0 aromatic rings. The van der Waals surface area contributed by atoms with Gasteiger partial charge in [-0.1, -0.05) is 72.6 Å². The fourth-order valence-electron chi connectivity index (χ4n) is 3.13. The van der Waals surface area contributed by atoms with E-state index in [1.165, 1.54) is 56.9 Å². The molecule has 0 amide bonds. The molecule has 3 heteroatoms. The van der Waals surface area contributed by atoms with Gasteiger partial charge in [0.05, 0.1) is 0 Å². The molecule has 0 saturated heterocycles. The molecule has 0 aromatic carbocycles. The molecule has 0 heterocycles. The van der Waals surface area contributed by atoms with Crippen molar-refractivity contribution in [2.45, 2.75) is 117 Å². The van der Waals surface area contributed by atoms with Gasteiger partial charge in [-0.15, -0.1) is 5.73 Å². The number of rotatable bonds is 10. The van der Waals surface area contributed by atoms with Crippen LogP contribution in [0.5, 0.6) is 0 Å². The zero-order chi connectivity index (χ0) is 21.9. The molecule has 3 atom stereocenters. The molecular formula is C26H49OsS2. The molecule has 1 aliphatic rings. The predicted octanol–water partition coefficient (Wildman–Crippen LogP) is 9.14. The van der Waals surface area contributed by atoms with Crippen molar-refractivity contribution >= 4 is 24.4 Å². The molecule has 0 N–H and O–H groups in total. The van der Waals surface area contributed by atoms with E-state index in [-0.39, 0.29) is 19.8 Å². The summed E-state index contributed by atoms with van der Waals surface area (Å²) >= 11 is 7.51. The molecule has 0 fully saturated rings. The smallest absolute Gasteiger partial charge is 0.792 e. The molecule has 1 radical (unpaired) electrons. The van der Waals surface area contributed by atoms with Crippen LogP contribution >= 0.6 is 11.8 Å². The van der Waals surface area contributed by atoms with E-state index in [2.05, 4.69) is 71.7 Å². The van der Waals surface area contributed by atoms with Gasteiger partial charge < -0.3 is 12.6 Å². The largest absolute Gasteiger partial charge is 1.00 e. The van der Waals surface area contributed by atoms with E-state index >= 15 is 0 Å². The third-order valence-electron chi connectivity index (χ3n) is 5.04. The first-order chi connectivity index (χ1) is 13.3. The second-order valence-electron chi connectivity index (χ2n) is 8.29. The Bertz CT molecular complexity index is 436. The van der Waals surface area contributed by atoms with E-state index in [0.29, 0.717) is 0 Å². The quantitative estimate of drug-likeness (QED) is 0.104. The summed E-state index contributed by atoms with van der Waals surface area (Å²) in [4.78, 5) is 0. The van der Waals surface area contributed by atoms with Crippen molar-refractivity contribution in [1.82, 2.24) is 0 Å². The molecule has 0 nitrogen and oxygen atoms in total. The predicted molar refractivity (Wildman–Crippen MR) is 137 cm³/mol. The number of hydrogen-bond donors (Lipinski definition) is 0. The minimum Gasteiger partial charge on any atom is -0.792 e. The van der Waals surface area contributed by atoms with Crippen LogP contribution in [0, 0.1) is 11.8 Å². The zero-order valence-electron chi connectivity index (χ0n) is 20.6. The Balaban J connectivity index is -0.000000482. The van der Waals surface area contributed by atoms with Crippen molar-refractivity contribution in [3.8, 4) is 0 Å². The van der Waals surface area contributed by atoms with Gasteiger partial charge in [0, 0.05) is 10.5 Å². The monoisotopic (exact) mass is 617 g/mol. The van der Waals surface area contributed by atoms with Crippen LogP contribution in [0.1, 0.15) is 107 Å². The van der Waals surface area contributed by atoms with Crippen LogP contribution in [-0.4, -0.2) is 16.3 Å². The van der Waals surface area contributed by atoms with E-state index in [9.17, 15) is 0 Å². The molecule has 29 heavy (non-hydrogen) atoms. The first-order valence-electron chi connectivity index (χ1n) is 11.6. The van der Waals surface area contributed by atoms with Gasteiger partial charge >= 0.3 is 19.8 Å². The fourth-order valence-corrected chi connectivity index (χ4v) is 5.10. The van der Waals surface area contributed by atoms with Crippen LogP contribution in [0.15, 0.2) is 29.5 Å². The van der Waals surface area contributed by atoms with E-state index in [0.717, 1.165) is 28.1 Å². The van der Waals surface area contributed by atoms with Crippen LogP contribution in [0.4, 0.5) is 0 Å². The van der Waals surface area contributed by atoms with Gasteiger partial charge in [0.15, 0.2) is 0 Å². The maximum Gasteiger partial charge on any atom is 1.00 e. The van der Waals surface area contributed by atoms with Crippen LogP contribution in [0.3, 0.4) is 0 Å². The van der Waals surface area contributed by atoms with Crippen LogP contribution in [-0.2, 0) is 32.4 Å². The van der Waals surface area contributed by atoms with Crippen molar-refractivity contribution in [3.63, 3.8) is 0 Å². The summed E-state index contributed by atoms with van der Waals surface area (Å²) in [7, 11) is 0. The summed E-state index contributed by atoms with van der Waals surface area (Å²) in [5, 5.41) is 1.57. The van der Waals surface area contributed by atoms with Gasteiger partial charge in [-0.3, -0.25) is 0 Å². The average Bonchev–Trinajstić information content (AvgIpc) is 2.69. The molecule has 0 aliphatic heterocycles. The van der Waals surface area contributed by atoms with Crippen molar-refractivity contribution < 1.29 is 19.8 Å².